The van der Waals surface area contributed by atoms with Crippen LogP contribution in [0.25, 0.3) is 0 Å². The minimum absolute atomic E-state index is 0.0297. The largest absolute Gasteiger partial charge is 0.490 e. The summed E-state index contributed by atoms with van der Waals surface area (Å²) >= 11 is 0. The van der Waals surface area contributed by atoms with Crippen LogP contribution >= 0.6 is 0 Å². The van der Waals surface area contributed by atoms with Gasteiger partial charge in [-0.05, 0) is 84.4 Å². The Morgan fingerprint density at radius 1 is 1.08 bits per heavy atom. The maximum Gasteiger partial charge on any atom is 0.410 e. The zero-order chi connectivity index (χ0) is 26.3. The van der Waals surface area contributed by atoms with E-state index in [0.717, 1.165) is 19.3 Å². The van der Waals surface area contributed by atoms with Crippen molar-refractivity contribution in [1.29, 1.82) is 0 Å². The van der Waals surface area contributed by atoms with E-state index in [4.69, 9.17) is 18.9 Å². The number of amides is 2. The van der Waals surface area contributed by atoms with Crippen molar-refractivity contribution < 1.29 is 28.5 Å². The molecule has 0 bridgehead atoms. The maximum atomic E-state index is 13.8. The van der Waals surface area contributed by atoms with Crippen LogP contribution in [0.2, 0.25) is 0 Å². The molecule has 2 amide bonds. The molecule has 1 heterocycles. The Labute approximate surface area is 216 Å². The van der Waals surface area contributed by atoms with E-state index in [0.29, 0.717) is 55.9 Å². The lowest BCUT2D eigenvalue weighted by Gasteiger charge is -2.41. The van der Waals surface area contributed by atoms with Crippen LogP contribution in [0.4, 0.5) is 4.79 Å². The molecule has 3 rings (SSSR count). The van der Waals surface area contributed by atoms with Crippen molar-refractivity contribution in [2.24, 2.45) is 5.92 Å². The SMILES string of the molecule is COCCCOc1cc(C(=O)N(C(C)C)[C@@H]2CCCN(C(=O)OC(C)(C)C)C2)ccc1OCC1CC1. The fourth-order valence-electron chi connectivity index (χ4n) is 4.40. The van der Waals surface area contributed by atoms with Gasteiger partial charge < -0.3 is 28.7 Å². The molecule has 0 unspecified atom stereocenters. The molecule has 1 atom stereocenters. The summed E-state index contributed by atoms with van der Waals surface area (Å²) in [4.78, 5) is 30.1. The van der Waals surface area contributed by atoms with Crippen molar-refractivity contribution in [3.05, 3.63) is 23.8 Å². The van der Waals surface area contributed by atoms with Gasteiger partial charge in [-0.2, -0.15) is 0 Å². The summed E-state index contributed by atoms with van der Waals surface area (Å²) in [6.45, 7) is 12.5. The molecule has 36 heavy (non-hydrogen) atoms. The van der Waals surface area contributed by atoms with Crippen LogP contribution in [-0.4, -0.2) is 79.5 Å². The summed E-state index contributed by atoms with van der Waals surface area (Å²) in [5.41, 5.74) is -0.000736. The molecular weight excluding hydrogens is 460 g/mol. The Morgan fingerprint density at radius 3 is 2.47 bits per heavy atom. The number of nitrogens with zero attached hydrogens (tertiary/aromatic N) is 2. The Bertz CT molecular complexity index is 877. The first-order valence-electron chi connectivity index (χ1n) is 13.3. The lowest BCUT2D eigenvalue weighted by atomic mass is 10.0. The normalized spacial score (nSPS) is 18.2. The zero-order valence-electron chi connectivity index (χ0n) is 22.9. The summed E-state index contributed by atoms with van der Waals surface area (Å²) in [5.74, 6) is 1.79. The second-order valence-electron chi connectivity index (χ2n) is 11.1. The number of piperidine rings is 1. The van der Waals surface area contributed by atoms with Crippen LogP contribution in [0.5, 0.6) is 11.5 Å². The lowest BCUT2D eigenvalue weighted by Crippen LogP contribution is -2.54. The van der Waals surface area contributed by atoms with Gasteiger partial charge >= 0.3 is 6.09 Å². The standard InChI is InChI=1S/C28H44N2O6/c1-20(2)30(23-9-7-14-29(18-23)27(32)36-28(3,4)5)26(31)22-12-13-24(35-19-21-10-11-21)25(17-22)34-16-8-15-33-6/h12-13,17,20-21,23H,7-11,14-16,18-19H2,1-6H3/t23-/m1/s1. The first-order chi connectivity index (χ1) is 17.1. The van der Waals surface area contributed by atoms with E-state index >= 15 is 0 Å². The molecule has 1 saturated carbocycles. The first-order valence-corrected chi connectivity index (χ1v) is 13.3. The second kappa shape index (κ2) is 12.7. The number of carbonyl (C=O) groups is 2. The monoisotopic (exact) mass is 504 g/mol. The van der Waals surface area contributed by atoms with Crippen LogP contribution in [-0.2, 0) is 9.47 Å². The van der Waals surface area contributed by atoms with Crippen molar-refractivity contribution >= 4 is 12.0 Å². The minimum atomic E-state index is -0.555. The van der Waals surface area contributed by atoms with Crippen molar-refractivity contribution in [3.8, 4) is 11.5 Å². The Hall–Kier alpha value is -2.48. The van der Waals surface area contributed by atoms with Gasteiger partial charge in [0.25, 0.3) is 5.91 Å². The molecule has 1 aromatic rings. The summed E-state index contributed by atoms with van der Waals surface area (Å²) in [6.07, 6.45) is 4.48. The van der Waals surface area contributed by atoms with Crippen molar-refractivity contribution in [1.82, 2.24) is 9.80 Å². The van der Waals surface area contributed by atoms with Gasteiger partial charge in [-0.3, -0.25) is 4.79 Å². The van der Waals surface area contributed by atoms with Gasteiger partial charge in [-0.25, -0.2) is 4.79 Å². The molecule has 1 aromatic carbocycles. The van der Waals surface area contributed by atoms with Gasteiger partial charge in [0.1, 0.15) is 5.60 Å². The van der Waals surface area contributed by atoms with Crippen LogP contribution in [0.3, 0.4) is 0 Å². The minimum Gasteiger partial charge on any atom is -0.490 e. The molecule has 2 aliphatic rings. The predicted molar refractivity (Wildman–Crippen MR) is 139 cm³/mol. The van der Waals surface area contributed by atoms with E-state index in [1.54, 1.807) is 18.1 Å². The van der Waals surface area contributed by atoms with Gasteiger partial charge in [0.2, 0.25) is 0 Å². The fourth-order valence-corrected chi connectivity index (χ4v) is 4.40. The predicted octanol–water partition coefficient (Wildman–Crippen LogP) is 5.14. The van der Waals surface area contributed by atoms with Crippen LogP contribution in [0.1, 0.15) is 77.1 Å². The number of likely N-dealkylation sites (tertiary alicyclic amines) is 1. The molecule has 1 aliphatic heterocycles. The average molecular weight is 505 g/mol. The summed E-state index contributed by atoms with van der Waals surface area (Å²) in [7, 11) is 1.67. The molecule has 0 spiro atoms. The first kappa shape index (κ1) is 28.1. The van der Waals surface area contributed by atoms with Gasteiger partial charge in [0, 0.05) is 44.8 Å². The van der Waals surface area contributed by atoms with Crippen LogP contribution < -0.4 is 9.47 Å². The Kier molecular flexibility index (Phi) is 9.88. The van der Waals surface area contributed by atoms with E-state index < -0.39 is 5.60 Å². The average Bonchev–Trinajstić information content (AvgIpc) is 3.64. The van der Waals surface area contributed by atoms with Crippen molar-refractivity contribution in [3.63, 3.8) is 0 Å². The number of methoxy groups -OCH3 is 1. The van der Waals surface area contributed by atoms with E-state index in [2.05, 4.69) is 0 Å². The number of hydrogen-bond donors (Lipinski definition) is 0. The number of benzene rings is 1. The van der Waals surface area contributed by atoms with Gasteiger partial charge in [-0.15, -0.1) is 0 Å². The molecule has 1 aliphatic carbocycles. The van der Waals surface area contributed by atoms with Crippen molar-refractivity contribution in [2.45, 2.75) is 84.4 Å². The third-order valence-corrected chi connectivity index (χ3v) is 6.34. The third-order valence-electron chi connectivity index (χ3n) is 6.34. The maximum absolute atomic E-state index is 13.8. The Morgan fingerprint density at radius 2 is 1.83 bits per heavy atom. The van der Waals surface area contributed by atoms with Crippen LogP contribution in [0.15, 0.2) is 18.2 Å². The molecule has 202 valence electrons. The lowest BCUT2D eigenvalue weighted by molar-refractivity contribution is 0.00752. The number of carbonyl (C=O) groups excluding carboxylic acids is 2. The highest BCUT2D eigenvalue weighted by molar-refractivity contribution is 5.95. The van der Waals surface area contributed by atoms with Gasteiger partial charge in [0.15, 0.2) is 11.5 Å². The number of ether oxygens (including phenoxy) is 4. The third kappa shape index (κ3) is 8.29. The molecule has 0 radical (unpaired) electrons. The van der Waals surface area contributed by atoms with Crippen molar-refractivity contribution in [2.75, 3.05) is 40.0 Å². The smallest absolute Gasteiger partial charge is 0.410 e. The van der Waals surface area contributed by atoms with E-state index in [-0.39, 0.29) is 24.1 Å². The highest BCUT2D eigenvalue weighted by Crippen LogP contribution is 2.34. The second-order valence-corrected chi connectivity index (χ2v) is 11.1. The Balaban J connectivity index is 1.76. The molecule has 0 aromatic heterocycles. The molecule has 8 heteroatoms. The molecule has 2 fully saturated rings. The molecular formula is C28H44N2O6. The number of rotatable bonds is 11. The van der Waals surface area contributed by atoms with E-state index in [9.17, 15) is 9.59 Å². The fraction of sp³-hybridized carbons (Fsp3) is 0.714. The molecule has 8 nitrogen and oxygen atoms in total. The van der Waals surface area contributed by atoms with Gasteiger partial charge in [0.05, 0.1) is 19.3 Å². The molecule has 0 N–H and O–H groups in total. The van der Waals surface area contributed by atoms with Gasteiger partial charge in [-0.1, -0.05) is 0 Å². The van der Waals surface area contributed by atoms with E-state index in [1.165, 1.54) is 12.8 Å². The summed E-state index contributed by atoms with van der Waals surface area (Å²) in [5, 5.41) is 0. The summed E-state index contributed by atoms with van der Waals surface area (Å²) < 4.78 is 22.7. The molecule has 1 saturated heterocycles. The number of hydrogen-bond acceptors (Lipinski definition) is 6. The quantitative estimate of drug-likeness (QED) is 0.388. The van der Waals surface area contributed by atoms with E-state index in [1.807, 2.05) is 51.7 Å². The van der Waals surface area contributed by atoms with Crippen LogP contribution in [0, 0.1) is 5.92 Å². The summed E-state index contributed by atoms with van der Waals surface area (Å²) in [6, 6.07) is 5.33. The zero-order valence-corrected chi connectivity index (χ0v) is 22.9. The topological polar surface area (TPSA) is 77.5 Å². The highest BCUT2D eigenvalue weighted by Gasteiger charge is 2.34. The highest BCUT2D eigenvalue weighted by atomic mass is 16.6.